The van der Waals surface area contributed by atoms with E-state index in [-0.39, 0.29) is 0 Å². The highest BCUT2D eigenvalue weighted by molar-refractivity contribution is 5.46. The Morgan fingerprint density at radius 1 is 1.38 bits per heavy atom. The molecule has 0 radical (unpaired) electrons. The van der Waals surface area contributed by atoms with Crippen LogP contribution in [-0.4, -0.2) is 4.98 Å². The molecule has 0 saturated carbocycles. The molecule has 3 nitrogen and oxygen atoms in total. The molecule has 0 amide bonds. The second-order valence-electron chi connectivity index (χ2n) is 2.44. The van der Waals surface area contributed by atoms with Crippen molar-refractivity contribution in [1.82, 2.24) is 4.98 Å². The van der Waals surface area contributed by atoms with Crippen LogP contribution in [0.5, 0.6) is 0 Å². The Bertz CT molecular complexity index is 300. The lowest BCUT2D eigenvalue weighted by Crippen LogP contribution is -1.97. The number of nitrogens with zero attached hydrogens (tertiary/aromatic N) is 2. The molecule has 0 aliphatic carbocycles. The molecule has 13 heavy (non-hydrogen) atoms. The summed E-state index contributed by atoms with van der Waals surface area (Å²) in [4.78, 5) is 3.96. The second kappa shape index (κ2) is 5.15. The van der Waals surface area contributed by atoms with Gasteiger partial charge < -0.3 is 5.73 Å². The van der Waals surface area contributed by atoms with Crippen molar-refractivity contribution in [2.45, 2.75) is 27.7 Å². The van der Waals surface area contributed by atoms with E-state index in [9.17, 15) is 0 Å². The lowest BCUT2D eigenvalue weighted by atomic mass is 10.1. The Morgan fingerprint density at radius 2 is 1.92 bits per heavy atom. The number of aromatic nitrogens is 1. The summed E-state index contributed by atoms with van der Waals surface area (Å²) in [5, 5.41) is 8.66. The Morgan fingerprint density at radius 3 is 2.31 bits per heavy atom. The molecule has 1 heterocycles. The first kappa shape index (κ1) is 11.4. The molecule has 0 unspecified atom stereocenters. The summed E-state index contributed by atoms with van der Waals surface area (Å²) in [7, 11) is 0. The quantitative estimate of drug-likeness (QED) is 0.660. The van der Waals surface area contributed by atoms with Gasteiger partial charge in [0.25, 0.3) is 0 Å². The fourth-order valence-corrected chi connectivity index (χ4v) is 1.03. The smallest absolute Gasteiger partial charge is 0.123 e. The Hall–Kier alpha value is -1.56. The lowest BCUT2D eigenvalue weighted by molar-refractivity contribution is 1.16. The van der Waals surface area contributed by atoms with E-state index < -0.39 is 0 Å². The normalized spacial score (nSPS) is 8.23. The van der Waals surface area contributed by atoms with Gasteiger partial charge in [0.15, 0.2) is 0 Å². The van der Waals surface area contributed by atoms with Crippen LogP contribution in [0.15, 0.2) is 6.07 Å². The Kier molecular flexibility index (Phi) is 4.53. The molecule has 1 aromatic heterocycles. The molecule has 1 rings (SSSR count). The molecule has 0 bridgehead atoms. The molecule has 1 aromatic rings. The van der Waals surface area contributed by atoms with Crippen LogP contribution < -0.4 is 5.73 Å². The van der Waals surface area contributed by atoms with Crippen LogP contribution in [0.4, 0.5) is 5.82 Å². The van der Waals surface area contributed by atoms with Gasteiger partial charge in [-0.25, -0.2) is 4.98 Å². The average molecular weight is 177 g/mol. The predicted octanol–water partition coefficient (Wildman–Crippen LogP) is 2.18. The summed E-state index contributed by atoms with van der Waals surface area (Å²) < 4.78 is 0. The number of nitriles is 1. The molecule has 0 saturated heterocycles. The third kappa shape index (κ3) is 2.75. The van der Waals surface area contributed by atoms with E-state index in [0.717, 1.165) is 5.56 Å². The molecular formula is C10H15N3. The van der Waals surface area contributed by atoms with Crippen LogP contribution >= 0.6 is 0 Å². The zero-order valence-electron chi connectivity index (χ0n) is 8.55. The first-order valence-corrected chi connectivity index (χ1v) is 4.29. The maximum absolute atomic E-state index is 8.66. The van der Waals surface area contributed by atoms with Crippen LogP contribution in [-0.2, 0) is 0 Å². The topological polar surface area (TPSA) is 62.7 Å². The maximum atomic E-state index is 8.66. The molecule has 2 N–H and O–H groups in total. The van der Waals surface area contributed by atoms with Gasteiger partial charge in [-0.3, -0.25) is 0 Å². The summed E-state index contributed by atoms with van der Waals surface area (Å²) in [5.74, 6) is 0.471. The van der Waals surface area contributed by atoms with E-state index in [1.54, 1.807) is 13.0 Å². The Balaban J connectivity index is 0.000000671. The van der Waals surface area contributed by atoms with E-state index in [2.05, 4.69) is 11.1 Å². The number of pyridine rings is 1. The van der Waals surface area contributed by atoms with Gasteiger partial charge >= 0.3 is 0 Å². The van der Waals surface area contributed by atoms with Crippen LogP contribution in [0, 0.1) is 25.2 Å². The zero-order chi connectivity index (χ0) is 10.4. The summed E-state index contributed by atoms with van der Waals surface area (Å²) in [5.41, 5.74) is 7.67. The van der Waals surface area contributed by atoms with Crippen molar-refractivity contribution in [2.75, 3.05) is 5.73 Å². The third-order valence-corrected chi connectivity index (χ3v) is 1.53. The molecular weight excluding hydrogens is 162 g/mol. The van der Waals surface area contributed by atoms with Crippen LogP contribution in [0.1, 0.15) is 30.7 Å². The summed E-state index contributed by atoms with van der Waals surface area (Å²) >= 11 is 0. The second-order valence-corrected chi connectivity index (χ2v) is 2.44. The van der Waals surface area contributed by atoms with Gasteiger partial charge in [0.1, 0.15) is 11.9 Å². The van der Waals surface area contributed by atoms with E-state index in [1.807, 2.05) is 20.8 Å². The van der Waals surface area contributed by atoms with Gasteiger partial charge in [0.2, 0.25) is 0 Å². The standard InChI is InChI=1S/C8H9N3.C2H6/c1-5-3-8(10)11-6(2)7(5)4-9;1-2/h3H,1-2H3,(H2,10,11);1-2H3. The monoisotopic (exact) mass is 177 g/mol. The van der Waals surface area contributed by atoms with E-state index in [0.29, 0.717) is 17.1 Å². The number of hydrogen-bond donors (Lipinski definition) is 1. The number of rotatable bonds is 0. The van der Waals surface area contributed by atoms with E-state index in [1.165, 1.54) is 0 Å². The van der Waals surface area contributed by atoms with Gasteiger partial charge in [0, 0.05) is 0 Å². The lowest BCUT2D eigenvalue weighted by Gasteiger charge is -2.01. The minimum atomic E-state index is 0.471. The van der Waals surface area contributed by atoms with Gasteiger partial charge in [0.05, 0.1) is 11.3 Å². The molecule has 0 aliphatic heterocycles. The van der Waals surface area contributed by atoms with Gasteiger partial charge in [-0.2, -0.15) is 5.26 Å². The fraction of sp³-hybridized carbons (Fsp3) is 0.400. The van der Waals surface area contributed by atoms with Crippen LogP contribution in [0.25, 0.3) is 0 Å². The van der Waals surface area contributed by atoms with Crippen LogP contribution in [0.2, 0.25) is 0 Å². The molecule has 3 heteroatoms. The van der Waals surface area contributed by atoms with Crippen molar-refractivity contribution in [3.05, 3.63) is 22.9 Å². The van der Waals surface area contributed by atoms with Crippen LogP contribution in [0.3, 0.4) is 0 Å². The average Bonchev–Trinajstić information content (AvgIpc) is 2.07. The predicted molar refractivity (Wildman–Crippen MR) is 54.2 cm³/mol. The highest BCUT2D eigenvalue weighted by atomic mass is 14.8. The molecule has 0 aliphatic rings. The minimum absolute atomic E-state index is 0.471. The van der Waals surface area contributed by atoms with Crippen molar-refractivity contribution in [1.29, 1.82) is 5.26 Å². The first-order valence-electron chi connectivity index (χ1n) is 4.29. The molecule has 0 aromatic carbocycles. The molecule has 0 fully saturated rings. The van der Waals surface area contributed by atoms with Crippen molar-refractivity contribution in [3.8, 4) is 6.07 Å². The van der Waals surface area contributed by atoms with E-state index in [4.69, 9.17) is 11.0 Å². The number of anilines is 1. The number of nitrogens with two attached hydrogens (primary N) is 1. The zero-order valence-corrected chi connectivity index (χ0v) is 8.55. The molecule has 0 spiro atoms. The van der Waals surface area contributed by atoms with Crippen molar-refractivity contribution < 1.29 is 0 Å². The maximum Gasteiger partial charge on any atom is 0.123 e. The summed E-state index contributed by atoms with van der Waals surface area (Å²) in [6, 6.07) is 3.77. The summed E-state index contributed by atoms with van der Waals surface area (Å²) in [6.07, 6.45) is 0. The Labute approximate surface area is 79.2 Å². The number of nitrogen functional groups attached to an aromatic ring is 1. The highest BCUT2D eigenvalue weighted by Gasteiger charge is 2.02. The van der Waals surface area contributed by atoms with Crippen molar-refractivity contribution in [2.24, 2.45) is 0 Å². The minimum Gasteiger partial charge on any atom is -0.384 e. The van der Waals surface area contributed by atoms with Crippen molar-refractivity contribution in [3.63, 3.8) is 0 Å². The first-order chi connectivity index (χ1) is 6.15. The number of hydrogen-bond acceptors (Lipinski definition) is 3. The molecule has 0 atom stereocenters. The third-order valence-electron chi connectivity index (χ3n) is 1.53. The van der Waals surface area contributed by atoms with E-state index >= 15 is 0 Å². The summed E-state index contributed by atoms with van der Waals surface area (Å²) in [6.45, 7) is 7.63. The fourth-order valence-electron chi connectivity index (χ4n) is 1.03. The number of aryl methyl sites for hydroxylation is 2. The van der Waals surface area contributed by atoms with Gasteiger partial charge in [-0.1, -0.05) is 13.8 Å². The SMILES string of the molecule is CC.Cc1cc(N)nc(C)c1C#N. The molecule has 70 valence electrons. The van der Waals surface area contributed by atoms with Gasteiger partial charge in [-0.05, 0) is 25.5 Å². The largest absolute Gasteiger partial charge is 0.384 e. The van der Waals surface area contributed by atoms with Gasteiger partial charge in [-0.15, -0.1) is 0 Å². The van der Waals surface area contributed by atoms with Crippen molar-refractivity contribution >= 4 is 5.82 Å². The highest BCUT2D eigenvalue weighted by Crippen LogP contribution is 2.12.